The van der Waals surface area contributed by atoms with E-state index in [0.717, 1.165) is 17.0 Å². The summed E-state index contributed by atoms with van der Waals surface area (Å²) in [6, 6.07) is 12.0. The maximum Gasteiger partial charge on any atom is 0.141 e. The Bertz CT molecular complexity index is 910. The molecule has 4 nitrogen and oxygen atoms in total. The number of nitrogens with zero attached hydrogens (tertiary/aromatic N) is 4. The highest BCUT2D eigenvalue weighted by Gasteiger charge is 2.08. The molecule has 110 valence electrons. The van der Waals surface area contributed by atoms with Crippen LogP contribution in [-0.4, -0.2) is 19.5 Å². The van der Waals surface area contributed by atoms with Gasteiger partial charge in [0.05, 0.1) is 5.52 Å². The molecule has 0 N–H and O–H groups in total. The highest BCUT2D eigenvalue weighted by molar-refractivity contribution is 6.06. The summed E-state index contributed by atoms with van der Waals surface area (Å²) in [5.74, 6) is 0. The van der Waals surface area contributed by atoms with Crippen LogP contribution >= 0.6 is 0 Å². The number of pyridine rings is 3. The van der Waals surface area contributed by atoms with Crippen LogP contribution in [0.4, 0.5) is 0 Å². The van der Waals surface area contributed by atoms with Gasteiger partial charge in [-0.25, -0.2) is 4.98 Å². The Balaban J connectivity index is 0.000000174. The van der Waals surface area contributed by atoms with Crippen LogP contribution in [0.2, 0.25) is 0 Å². The molecule has 0 saturated heterocycles. The Morgan fingerprint density at radius 2 is 1.73 bits per heavy atom. The molecule has 0 saturated carbocycles. The highest BCUT2D eigenvalue weighted by Crippen LogP contribution is 2.25. The van der Waals surface area contributed by atoms with Crippen molar-refractivity contribution in [3.05, 3.63) is 66.4 Å². The molecule has 0 spiro atoms. The third-order valence-corrected chi connectivity index (χ3v) is 3.59. The number of fused-ring (bicyclic) bond motifs is 3. The number of aromatic nitrogens is 4. The summed E-state index contributed by atoms with van der Waals surface area (Å²) in [7, 11) is 2.04. The molecule has 22 heavy (non-hydrogen) atoms. The lowest BCUT2D eigenvalue weighted by atomic mass is 10.2. The van der Waals surface area contributed by atoms with Crippen molar-refractivity contribution in [2.75, 3.05) is 0 Å². The Morgan fingerprint density at radius 1 is 0.864 bits per heavy atom. The molecule has 0 bridgehead atoms. The van der Waals surface area contributed by atoms with Crippen molar-refractivity contribution in [2.24, 2.45) is 7.05 Å². The number of hydrogen-bond donors (Lipinski definition) is 0. The van der Waals surface area contributed by atoms with Crippen LogP contribution < -0.4 is 0 Å². The van der Waals surface area contributed by atoms with Crippen LogP contribution in [0.5, 0.6) is 0 Å². The molecular weight excluding hydrogens is 272 g/mol. The minimum atomic E-state index is 1.03. The maximum atomic E-state index is 4.55. The summed E-state index contributed by atoms with van der Waals surface area (Å²) in [5, 5.41) is 2.34. The predicted molar refractivity (Wildman–Crippen MR) is 89.7 cm³/mol. The van der Waals surface area contributed by atoms with E-state index in [9.17, 15) is 0 Å². The predicted octanol–water partition coefficient (Wildman–Crippen LogP) is 3.82. The molecule has 4 aromatic rings. The van der Waals surface area contributed by atoms with Gasteiger partial charge in [-0.2, -0.15) is 0 Å². The summed E-state index contributed by atoms with van der Waals surface area (Å²) >= 11 is 0. The van der Waals surface area contributed by atoms with Gasteiger partial charge in [-0.15, -0.1) is 0 Å². The molecule has 4 aromatic heterocycles. The smallest absolute Gasteiger partial charge is 0.141 e. The van der Waals surface area contributed by atoms with Crippen molar-refractivity contribution in [2.45, 2.75) is 13.8 Å². The third kappa shape index (κ3) is 2.68. The second-order valence-electron chi connectivity index (χ2n) is 5.25. The SMILES string of the molecule is Cc1ccc2c3cnccc3n(C)c2n1.Cc1ccccn1. The van der Waals surface area contributed by atoms with E-state index >= 15 is 0 Å². The Kier molecular flexibility index (Phi) is 3.83. The Hall–Kier alpha value is -2.75. The molecule has 0 radical (unpaired) electrons. The van der Waals surface area contributed by atoms with E-state index in [2.05, 4.69) is 25.6 Å². The molecular formula is C18H18N4. The zero-order valence-electron chi connectivity index (χ0n) is 13.0. The van der Waals surface area contributed by atoms with Crippen molar-refractivity contribution >= 4 is 21.9 Å². The summed E-state index contributed by atoms with van der Waals surface area (Å²) < 4.78 is 2.11. The molecule has 4 heteroatoms. The second-order valence-corrected chi connectivity index (χ2v) is 5.25. The van der Waals surface area contributed by atoms with Crippen LogP contribution in [0, 0.1) is 13.8 Å². The molecule has 4 heterocycles. The molecule has 0 aliphatic rings. The number of rotatable bonds is 0. The van der Waals surface area contributed by atoms with Crippen molar-refractivity contribution < 1.29 is 0 Å². The first-order valence-electron chi connectivity index (χ1n) is 7.20. The lowest BCUT2D eigenvalue weighted by Gasteiger charge is -1.96. The van der Waals surface area contributed by atoms with Crippen LogP contribution in [0.1, 0.15) is 11.4 Å². The van der Waals surface area contributed by atoms with Crippen LogP contribution in [0.25, 0.3) is 21.9 Å². The monoisotopic (exact) mass is 290 g/mol. The van der Waals surface area contributed by atoms with E-state index in [4.69, 9.17) is 0 Å². The molecule has 4 rings (SSSR count). The molecule has 0 aliphatic carbocycles. The van der Waals surface area contributed by atoms with E-state index in [0.29, 0.717) is 0 Å². The third-order valence-electron chi connectivity index (χ3n) is 3.59. The topological polar surface area (TPSA) is 43.6 Å². The van der Waals surface area contributed by atoms with E-state index in [1.807, 2.05) is 63.6 Å². The largest absolute Gasteiger partial charge is 0.328 e. The lowest BCUT2D eigenvalue weighted by Crippen LogP contribution is -1.90. The molecule has 0 atom stereocenters. The molecule has 0 amide bonds. The Labute approximate surface area is 129 Å². The fourth-order valence-electron chi connectivity index (χ4n) is 2.46. The Morgan fingerprint density at radius 3 is 2.41 bits per heavy atom. The maximum absolute atomic E-state index is 4.55. The minimum absolute atomic E-state index is 1.03. The van der Waals surface area contributed by atoms with Gasteiger partial charge in [-0.3, -0.25) is 9.97 Å². The molecule has 0 fully saturated rings. The van der Waals surface area contributed by atoms with E-state index in [1.54, 1.807) is 6.20 Å². The van der Waals surface area contributed by atoms with Crippen molar-refractivity contribution in [1.29, 1.82) is 0 Å². The van der Waals surface area contributed by atoms with Gasteiger partial charge in [0.25, 0.3) is 0 Å². The van der Waals surface area contributed by atoms with Gasteiger partial charge in [-0.1, -0.05) is 6.07 Å². The standard InChI is InChI=1S/C12H11N3.C6H7N/c1-8-3-4-9-10-7-13-6-5-11(10)15(2)12(9)14-8;1-6-4-2-3-5-7-6/h3-7H,1-2H3;2-5H,1H3. The lowest BCUT2D eigenvalue weighted by molar-refractivity contribution is 0.981. The van der Waals surface area contributed by atoms with Gasteiger partial charge in [0.2, 0.25) is 0 Å². The van der Waals surface area contributed by atoms with Crippen molar-refractivity contribution in [3.8, 4) is 0 Å². The van der Waals surface area contributed by atoms with Crippen LogP contribution in [0.15, 0.2) is 55.0 Å². The van der Waals surface area contributed by atoms with Crippen LogP contribution in [0.3, 0.4) is 0 Å². The van der Waals surface area contributed by atoms with E-state index < -0.39 is 0 Å². The van der Waals surface area contributed by atoms with Gasteiger partial charge in [0, 0.05) is 47.8 Å². The summed E-state index contributed by atoms with van der Waals surface area (Å²) in [4.78, 5) is 12.7. The first kappa shape index (κ1) is 14.2. The van der Waals surface area contributed by atoms with Crippen molar-refractivity contribution in [3.63, 3.8) is 0 Å². The average molecular weight is 290 g/mol. The number of hydrogen-bond acceptors (Lipinski definition) is 3. The number of aryl methyl sites for hydroxylation is 3. The highest BCUT2D eigenvalue weighted by atomic mass is 15.0. The van der Waals surface area contributed by atoms with Crippen LogP contribution in [-0.2, 0) is 7.05 Å². The van der Waals surface area contributed by atoms with E-state index in [1.165, 1.54) is 16.3 Å². The molecule has 0 aromatic carbocycles. The second kappa shape index (κ2) is 5.93. The average Bonchev–Trinajstić information content (AvgIpc) is 2.82. The first-order valence-corrected chi connectivity index (χ1v) is 7.20. The quantitative estimate of drug-likeness (QED) is 0.494. The van der Waals surface area contributed by atoms with Gasteiger partial charge < -0.3 is 4.57 Å². The molecule has 0 aliphatic heterocycles. The van der Waals surface area contributed by atoms with Gasteiger partial charge >= 0.3 is 0 Å². The van der Waals surface area contributed by atoms with E-state index in [-0.39, 0.29) is 0 Å². The fraction of sp³-hybridized carbons (Fsp3) is 0.167. The first-order chi connectivity index (χ1) is 10.7. The summed E-state index contributed by atoms with van der Waals surface area (Å²) in [5.41, 5.74) is 4.32. The normalized spacial score (nSPS) is 10.5. The fourth-order valence-corrected chi connectivity index (χ4v) is 2.46. The van der Waals surface area contributed by atoms with Gasteiger partial charge in [0.1, 0.15) is 5.65 Å². The van der Waals surface area contributed by atoms with Gasteiger partial charge in [-0.05, 0) is 44.2 Å². The zero-order valence-corrected chi connectivity index (χ0v) is 13.0. The zero-order chi connectivity index (χ0) is 15.5. The van der Waals surface area contributed by atoms with Crippen molar-refractivity contribution in [1.82, 2.24) is 19.5 Å². The molecule has 0 unspecified atom stereocenters. The summed E-state index contributed by atoms with van der Waals surface area (Å²) in [6.45, 7) is 3.98. The summed E-state index contributed by atoms with van der Waals surface area (Å²) in [6.07, 6.45) is 5.50. The van der Waals surface area contributed by atoms with Gasteiger partial charge in [0.15, 0.2) is 0 Å². The minimum Gasteiger partial charge on any atom is -0.328 e.